The number of hydrogen-bond donors (Lipinski definition) is 3. The van der Waals surface area contributed by atoms with E-state index in [1.807, 2.05) is 43.3 Å². The summed E-state index contributed by atoms with van der Waals surface area (Å²) in [6.45, 7) is 3.38. The molecule has 0 saturated carbocycles. The maximum absolute atomic E-state index is 12.3. The quantitative estimate of drug-likeness (QED) is 0.696. The first-order chi connectivity index (χ1) is 12.2. The molecule has 25 heavy (non-hydrogen) atoms. The highest BCUT2D eigenvalue weighted by atomic mass is 16.4. The molecule has 2 aromatic carbocycles. The van der Waals surface area contributed by atoms with Gasteiger partial charge in [0.25, 0.3) is 0 Å². The summed E-state index contributed by atoms with van der Waals surface area (Å²) in [6, 6.07) is 14.0. The molecule has 5 nitrogen and oxygen atoms in total. The van der Waals surface area contributed by atoms with Gasteiger partial charge in [-0.2, -0.15) is 0 Å². The fraction of sp³-hybridized carbons (Fsp3) is 0.316. The van der Waals surface area contributed by atoms with Crippen molar-refractivity contribution in [3.8, 4) is 5.75 Å². The zero-order valence-electron chi connectivity index (χ0n) is 14.5. The van der Waals surface area contributed by atoms with Gasteiger partial charge in [-0.15, -0.1) is 0 Å². The summed E-state index contributed by atoms with van der Waals surface area (Å²) in [5.74, 6) is 1.01. The third-order valence-electron chi connectivity index (χ3n) is 4.35. The highest BCUT2D eigenvalue weighted by Crippen LogP contribution is 2.27. The lowest BCUT2D eigenvalue weighted by Gasteiger charge is -2.26. The summed E-state index contributed by atoms with van der Waals surface area (Å²) >= 11 is 0. The molecule has 2 aromatic rings. The second-order valence-electron chi connectivity index (χ2n) is 6.43. The Labute approximate surface area is 149 Å². The summed E-state index contributed by atoms with van der Waals surface area (Å²) in [5, 5.41) is 6.29. The molecule has 0 bridgehead atoms. The van der Waals surface area contributed by atoms with Crippen LogP contribution in [-0.4, -0.2) is 32.4 Å². The van der Waals surface area contributed by atoms with Gasteiger partial charge in [-0.05, 0) is 42.2 Å². The van der Waals surface area contributed by atoms with Crippen LogP contribution in [0.4, 0.5) is 5.69 Å². The summed E-state index contributed by atoms with van der Waals surface area (Å²) in [6.07, 6.45) is 1.18. The molecule has 0 aliphatic carbocycles. The Hall–Kier alpha value is -2.47. The number of nitrogens with one attached hydrogen (secondary N) is 2. The standard InChI is InChI=1S/C19H24BN3O2/c1-13-3-2-4-15-12-17(20-25-19(13)15)23-18(24)11-14-5-7-16(8-6-14)22-10-9-21/h2-8,17,20,22H,9-12,21H2,1H3,(H,23,24). The van der Waals surface area contributed by atoms with Crippen LogP contribution in [0.3, 0.4) is 0 Å². The second-order valence-corrected chi connectivity index (χ2v) is 6.43. The summed E-state index contributed by atoms with van der Waals surface area (Å²) < 4.78 is 5.84. The molecule has 0 aromatic heterocycles. The number of rotatable bonds is 6. The Kier molecular flexibility index (Phi) is 5.61. The highest BCUT2D eigenvalue weighted by molar-refractivity contribution is 6.32. The first kappa shape index (κ1) is 17.4. The smallest absolute Gasteiger partial charge is 0.363 e. The van der Waals surface area contributed by atoms with Gasteiger partial charge in [0.05, 0.1) is 6.42 Å². The van der Waals surface area contributed by atoms with Crippen LogP contribution in [-0.2, 0) is 17.6 Å². The number of carbonyl (C=O) groups is 1. The number of fused-ring (bicyclic) bond motifs is 1. The van der Waals surface area contributed by atoms with Crippen molar-refractivity contribution < 1.29 is 9.45 Å². The van der Waals surface area contributed by atoms with E-state index in [9.17, 15) is 4.79 Å². The molecule has 1 atom stereocenters. The Morgan fingerprint density at radius 3 is 2.84 bits per heavy atom. The minimum Gasteiger partial charge on any atom is -0.562 e. The van der Waals surface area contributed by atoms with Gasteiger partial charge in [-0.3, -0.25) is 4.79 Å². The predicted octanol–water partition coefficient (Wildman–Crippen LogP) is 1.34. The summed E-state index contributed by atoms with van der Waals surface area (Å²) in [4.78, 5) is 12.3. The van der Waals surface area contributed by atoms with E-state index in [-0.39, 0.29) is 11.8 Å². The van der Waals surface area contributed by atoms with Crippen LogP contribution < -0.4 is 21.0 Å². The van der Waals surface area contributed by atoms with Crippen molar-refractivity contribution in [2.45, 2.75) is 25.7 Å². The molecule has 0 fully saturated rings. The first-order valence-corrected chi connectivity index (χ1v) is 8.69. The van der Waals surface area contributed by atoms with Gasteiger partial charge >= 0.3 is 7.48 Å². The maximum Gasteiger partial charge on any atom is 0.363 e. The summed E-state index contributed by atoms with van der Waals surface area (Å²) in [5.41, 5.74) is 9.78. The van der Waals surface area contributed by atoms with Crippen LogP contribution in [0.5, 0.6) is 5.75 Å². The molecule has 0 saturated heterocycles. The molecule has 0 spiro atoms. The van der Waals surface area contributed by atoms with Crippen LogP contribution in [0.15, 0.2) is 42.5 Å². The zero-order chi connectivity index (χ0) is 17.6. The van der Waals surface area contributed by atoms with E-state index >= 15 is 0 Å². The molecule has 4 N–H and O–H groups in total. The van der Waals surface area contributed by atoms with Crippen molar-refractivity contribution in [1.29, 1.82) is 0 Å². The number of para-hydroxylation sites is 1. The number of nitrogens with two attached hydrogens (primary N) is 1. The largest absolute Gasteiger partial charge is 0.562 e. The minimum absolute atomic E-state index is 0.0206. The molecular weight excluding hydrogens is 313 g/mol. The molecule has 130 valence electrons. The fourth-order valence-corrected chi connectivity index (χ4v) is 3.10. The van der Waals surface area contributed by atoms with Crippen LogP contribution in [0.2, 0.25) is 0 Å². The molecule has 1 heterocycles. The Morgan fingerprint density at radius 2 is 2.08 bits per heavy atom. The van der Waals surface area contributed by atoms with E-state index in [1.54, 1.807) is 0 Å². The lowest BCUT2D eigenvalue weighted by atomic mass is 9.79. The number of anilines is 1. The van der Waals surface area contributed by atoms with Crippen LogP contribution in [0, 0.1) is 6.92 Å². The first-order valence-electron chi connectivity index (χ1n) is 8.69. The molecule has 3 rings (SSSR count). The Balaban J connectivity index is 1.53. The summed E-state index contributed by atoms with van der Waals surface area (Å²) in [7, 11) is 0.519. The Morgan fingerprint density at radius 1 is 1.28 bits per heavy atom. The van der Waals surface area contributed by atoms with Gasteiger partial charge in [0.1, 0.15) is 5.75 Å². The third-order valence-corrected chi connectivity index (χ3v) is 4.35. The van der Waals surface area contributed by atoms with Crippen molar-refractivity contribution in [1.82, 2.24) is 5.32 Å². The van der Waals surface area contributed by atoms with Crippen molar-refractivity contribution in [2.75, 3.05) is 18.4 Å². The number of hydrogen-bond acceptors (Lipinski definition) is 4. The molecule has 0 radical (unpaired) electrons. The molecule has 1 amide bonds. The molecule has 6 heteroatoms. The van der Waals surface area contributed by atoms with Crippen molar-refractivity contribution in [2.24, 2.45) is 5.73 Å². The van der Waals surface area contributed by atoms with E-state index in [4.69, 9.17) is 10.4 Å². The molecule has 1 aliphatic rings. The van der Waals surface area contributed by atoms with Gasteiger partial charge in [0, 0.05) is 24.7 Å². The number of amides is 1. The average molecular weight is 337 g/mol. The van der Waals surface area contributed by atoms with E-state index in [0.717, 1.165) is 41.1 Å². The van der Waals surface area contributed by atoms with Crippen LogP contribution in [0.25, 0.3) is 0 Å². The number of carbonyl (C=O) groups excluding carboxylic acids is 1. The predicted molar refractivity (Wildman–Crippen MR) is 102 cm³/mol. The van der Waals surface area contributed by atoms with Crippen LogP contribution >= 0.6 is 0 Å². The Bertz CT molecular complexity index is 734. The van der Waals surface area contributed by atoms with E-state index in [2.05, 4.69) is 16.7 Å². The van der Waals surface area contributed by atoms with Gasteiger partial charge in [-0.25, -0.2) is 0 Å². The fourth-order valence-electron chi connectivity index (χ4n) is 3.10. The van der Waals surface area contributed by atoms with Crippen LogP contribution in [0.1, 0.15) is 16.7 Å². The lowest BCUT2D eigenvalue weighted by Crippen LogP contribution is -2.45. The molecule has 1 unspecified atom stereocenters. The maximum atomic E-state index is 12.3. The highest BCUT2D eigenvalue weighted by Gasteiger charge is 2.24. The average Bonchev–Trinajstić information content (AvgIpc) is 2.61. The van der Waals surface area contributed by atoms with Crippen molar-refractivity contribution in [3.05, 3.63) is 59.2 Å². The molecular formula is C19H24BN3O2. The third kappa shape index (κ3) is 4.54. The number of benzene rings is 2. The van der Waals surface area contributed by atoms with Gasteiger partial charge < -0.3 is 21.0 Å². The number of aryl methyl sites for hydroxylation is 1. The van der Waals surface area contributed by atoms with Crippen molar-refractivity contribution in [3.63, 3.8) is 0 Å². The van der Waals surface area contributed by atoms with Gasteiger partial charge in [0.15, 0.2) is 0 Å². The topological polar surface area (TPSA) is 76.4 Å². The minimum atomic E-state index is 0.0206. The van der Waals surface area contributed by atoms with E-state index in [0.29, 0.717) is 20.4 Å². The van der Waals surface area contributed by atoms with Crippen molar-refractivity contribution >= 4 is 19.1 Å². The van der Waals surface area contributed by atoms with Gasteiger partial charge in [-0.1, -0.05) is 30.3 Å². The lowest BCUT2D eigenvalue weighted by molar-refractivity contribution is -0.120. The van der Waals surface area contributed by atoms with E-state index in [1.165, 1.54) is 0 Å². The second kappa shape index (κ2) is 8.07. The molecule has 1 aliphatic heterocycles. The zero-order valence-corrected chi connectivity index (χ0v) is 14.5. The monoisotopic (exact) mass is 337 g/mol. The normalized spacial score (nSPS) is 15.5. The van der Waals surface area contributed by atoms with Gasteiger partial charge in [0.2, 0.25) is 5.91 Å². The SMILES string of the molecule is Cc1cccc2c1OBC(NC(=O)Cc1ccc(NCCN)cc1)C2. The van der Waals surface area contributed by atoms with E-state index < -0.39 is 0 Å².